The van der Waals surface area contributed by atoms with E-state index in [0.717, 1.165) is 22.7 Å². The Morgan fingerprint density at radius 1 is 0.840 bits per heavy atom. The monoisotopic (exact) mass is 358 g/mol. The lowest BCUT2D eigenvalue weighted by atomic mass is 10.0. The molecule has 2 heterocycles. The lowest BCUT2D eigenvalue weighted by molar-refractivity contribution is -0.0814. The summed E-state index contributed by atoms with van der Waals surface area (Å²) in [5, 5.41) is 38.0. The molecule has 2 aliphatic heterocycles. The molecular weight excluding hydrogens is 328 g/mol. The van der Waals surface area contributed by atoms with Crippen LogP contribution in [-0.4, -0.2) is 70.3 Å². The summed E-state index contributed by atoms with van der Waals surface area (Å²) in [7, 11) is 0. The fraction of sp³-hybridized carbons (Fsp3) is 0.778. The topological polar surface area (TPSA) is 115 Å². The molecule has 4 N–H and O–H groups in total. The molecule has 2 rings (SSSR count). The molecule has 6 atom stereocenters. The van der Waals surface area contributed by atoms with Crippen LogP contribution in [-0.2, 0) is 14.2 Å². The highest BCUT2D eigenvalue weighted by atomic mass is 16.6. The van der Waals surface area contributed by atoms with E-state index in [1.54, 1.807) is 0 Å². The van der Waals surface area contributed by atoms with Gasteiger partial charge in [0.25, 0.3) is 0 Å². The van der Waals surface area contributed by atoms with Gasteiger partial charge in [0.15, 0.2) is 12.2 Å². The van der Waals surface area contributed by atoms with E-state index in [1.807, 2.05) is 27.7 Å². The zero-order valence-electron chi connectivity index (χ0n) is 15.3. The summed E-state index contributed by atoms with van der Waals surface area (Å²) in [6.07, 6.45) is -2.89. The summed E-state index contributed by atoms with van der Waals surface area (Å²) in [6.45, 7) is 7.03. The van der Waals surface area contributed by atoms with Gasteiger partial charge in [-0.05, 0) is 38.8 Å². The first-order valence-electron chi connectivity index (χ1n) is 8.69. The first-order chi connectivity index (χ1) is 11.8. The Bertz CT molecular complexity index is 474. The molecule has 2 saturated heterocycles. The average Bonchev–Trinajstić information content (AvgIpc) is 3.45. The number of rotatable bonds is 10. The van der Waals surface area contributed by atoms with E-state index in [0.29, 0.717) is 0 Å². The van der Waals surface area contributed by atoms with Gasteiger partial charge in [0, 0.05) is 12.8 Å². The van der Waals surface area contributed by atoms with Gasteiger partial charge in [-0.3, -0.25) is 0 Å². The maximum absolute atomic E-state index is 9.83. The first kappa shape index (κ1) is 20.2. The molecule has 0 aliphatic carbocycles. The van der Waals surface area contributed by atoms with Crippen molar-refractivity contribution in [2.45, 2.75) is 77.2 Å². The van der Waals surface area contributed by atoms with Crippen molar-refractivity contribution < 1.29 is 34.6 Å². The van der Waals surface area contributed by atoms with Crippen LogP contribution in [0.15, 0.2) is 22.7 Å². The van der Waals surface area contributed by atoms with Gasteiger partial charge in [0.1, 0.15) is 23.7 Å². The minimum atomic E-state index is -0.918. The number of epoxide rings is 2. The molecule has 144 valence electrons. The first-order valence-corrected chi connectivity index (χ1v) is 8.69. The van der Waals surface area contributed by atoms with Crippen LogP contribution in [0.25, 0.3) is 0 Å². The predicted octanol–water partition coefficient (Wildman–Crippen LogP) is 0.612. The van der Waals surface area contributed by atoms with Gasteiger partial charge >= 0.3 is 0 Å². The van der Waals surface area contributed by atoms with E-state index in [-0.39, 0.29) is 38.3 Å². The number of ether oxygens (including phenoxy) is 3. The highest BCUT2D eigenvalue weighted by Gasteiger charge is 2.48. The Kier molecular flexibility index (Phi) is 6.87. The third kappa shape index (κ3) is 5.43. The van der Waals surface area contributed by atoms with Crippen molar-refractivity contribution in [3.05, 3.63) is 22.7 Å². The van der Waals surface area contributed by atoms with Crippen LogP contribution in [0.3, 0.4) is 0 Å². The van der Waals surface area contributed by atoms with Gasteiger partial charge in [0.05, 0.1) is 25.4 Å². The maximum atomic E-state index is 9.83. The molecular formula is C18H30O7. The van der Waals surface area contributed by atoms with E-state index in [9.17, 15) is 10.2 Å². The minimum absolute atomic E-state index is 0.209. The highest BCUT2D eigenvalue weighted by molar-refractivity contribution is 5.24. The molecule has 0 bridgehead atoms. The SMILES string of the molecule is CC(C)=C1OC1C(CC(O)CO)OC(CC(O)CO)C1OC1=C(C)C. The molecule has 0 amide bonds. The zero-order chi connectivity index (χ0) is 18.7. The largest absolute Gasteiger partial charge is 0.480 e. The molecule has 7 heteroatoms. The van der Waals surface area contributed by atoms with Crippen molar-refractivity contribution in [2.75, 3.05) is 13.2 Å². The second-order valence-corrected chi connectivity index (χ2v) is 7.16. The second kappa shape index (κ2) is 8.51. The van der Waals surface area contributed by atoms with Gasteiger partial charge in [-0.1, -0.05) is 0 Å². The van der Waals surface area contributed by atoms with Crippen LogP contribution in [0.4, 0.5) is 0 Å². The van der Waals surface area contributed by atoms with Crippen molar-refractivity contribution >= 4 is 0 Å². The highest BCUT2D eigenvalue weighted by Crippen LogP contribution is 2.41. The molecule has 7 nitrogen and oxygen atoms in total. The quantitative estimate of drug-likeness (QED) is 0.423. The van der Waals surface area contributed by atoms with Crippen LogP contribution in [0, 0.1) is 0 Å². The molecule has 2 aliphatic rings. The third-order valence-electron chi connectivity index (χ3n) is 4.35. The number of hydrogen-bond acceptors (Lipinski definition) is 7. The molecule has 0 aromatic rings. The Labute approximate surface area is 148 Å². The van der Waals surface area contributed by atoms with Crippen molar-refractivity contribution in [1.29, 1.82) is 0 Å². The number of hydrogen-bond donors (Lipinski definition) is 4. The average molecular weight is 358 g/mol. The minimum Gasteiger partial charge on any atom is -0.480 e. The number of allylic oxidation sites excluding steroid dienone is 2. The van der Waals surface area contributed by atoms with Crippen LogP contribution in [0.2, 0.25) is 0 Å². The summed E-state index contributed by atoms with van der Waals surface area (Å²) in [5.74, 6) is 1.66. The van der Waals surface area contributed by atoms with Gasteiger partial charge in [-0.25, -0.2) is 0 Å². The van der Waals surface area contributed by atoms with Gasteiger partial charge in [0.2, 0.25) is 0 Å². The normalized spacial score (nSPS) is 26.2. The Balaban J connectivity index is 2.11. The third-order valence-corrected chi connectivity index (χ3v) is 4.35. The van der Waals surface area contributed by atoms with Crippen LogP contribution >= 0.6 is 0 Å². The smallest absolute Gasteiger partial charge is 0.181 e. The summed E-state index contributed by atoms with van der Waals surface area (Å²) in [5.41, 5.74) is 2.08. The van der Waals surface area contributed by atoms with Gasteiger partial charge < -0.3 is 34.6 Å². The van der Waals surface area contributed by atoms with Gasteiger partial charge in [-0.15, -0.1) is 0 Å². The van der Waals surface area contributed by atoms with Crippen LogP contribution in [0.5, 0.6) is 0 Å². The molecule has 25 heavy (non-hydrogen) atoms. The van der Waals surface area contributed by atoms with E-state index >= 15 is 0 Å². The standard InChI is InChI=1S/C18H30O7/c1-9(2)15-17(24-15)13(5-11(21)7-19)23-14(6-12(22)8-20)18-16(25-18)10(3)4/h11-14,17-22H,5-8H2,1-4H3. The van der Waals surface area contributed by atoms with E-state index in [2.05, 4.69) is 0 Å². The summed E-state index contributed by atoms with van der Waals surface area (Å²) in [4.78, 5) is 0. The molecule has 0 spiro atoms. The fourth-order valence-corrected chi connectivity index (χ4v) is 2.91. The van der Waals surface area contributed by atoms with Crippen LogP contribution < -0.4 is 0 Å². The predicted molar refractivity (Wildman–Crippen MR) is 90.6 cm³/mol. The summed E-state index contributed by atoms with van der Waals surface area (Å²) in [6, 6.07) is 0. The summed E-state index contributed by atoms with van der Waals surface area (Å²) >= 11 is 0. The molecule has 0 aromatic carbocycles. The molecule has 2 fully saturated rings. The Morgan fingerprint density at radius 2 is 1.20 bits per heavy atom. The van der Waals surface area contributed by atoms with Crippen molar-refractivity contribution in [3.63, 3.8) is 0 Å². The Hall–Kier alpha value is -1.12. The van der Waals surface area contributed by atoms with Crippen molar-refractivity contribution in [2.24, 2.45) is 0 Å². The van der Waals surface area contributed by atoms with E-state index in [1.165, 1.54) is 0 Å². The van der Waals surface area contributed by atoms with Crippen molar-refractivity contribution in [1.82, 2.24) is 0 Å². The van der Waals surface area contributed by atoms with Gasteiger partial charge in [-0.2, -0.15) is 0 Å². The van der Waals surface area contributed by atoms with Crippen molar-refractivity contribution in [3.8, 4) is 0 Å². The molecule has 0 aromatic heterocycles. The van der Waals surface area contributed by atoms with E-state index < -0.39 is 24.4 Å². The van der Waals surface area contributed by atoms with Crippen LogP contribution in [0.1, 0.15) is 40.5 Å². The molecule has 0 radical (unpaired) electrons. The second-order valence-electron chi connectivity index (χ2n) is 7.16. The summed E-state index contributed by atoms with van der Waals surface area (Å²) < 4.78 is 17.3. The fourth-order valence-electron chi connectivity index (χ4n) is 2.91. The molecule has 6 unspecified atom stereocenters. The number of aliphatic hydroxyl groups excluding tert-OH is 4. The number of aliphatic hydroxyl groups is 4. The maximum Gasteiger partial charge on any atom is 0.181 e. The lowest BCUT2D eigenvalue weighted by Crippen LogP contribution is -2.36. The lowest BCUT2D eigenvalue weighted by Gasteiger charge is -2.24. The Morgan fingerprint density at radius 3 is 1.44 bits per heavy atom. The zero-order valence-corrected chi connectivity index (χ0v) is 15.3. The van der Waals surface area contributed by atoms with E-state index in [4.69, 9.17) is 24.4 Å². The molecule has 0 saturated carbocycles.